The minimum absolute atomic E-state index is 0.0127. The van der Waals surface area contributed by atoms with Gasteiger partial charge in [-0.25, -0.2) is 0 Å². The Bertz CT molecular complexity index is 652. The molecule has 3 amide bonds. The van der Waals surface area contributed by atoms with Crippen molar-refractivity contribution in [3.63, 3.8) is 0 Å². The highest BCUT2D eigenvalue weighted by molar-refractivity contribution is 5.96. The Balaban J connectivity index is 1.78. The third-order valence-electron chi connectivity index (χ3n) is 4.54. The van der Waals surface area contributed by atoms with Crippen molar-refractivity contribution >= 4 is 17.7 Å². The molecule has 1 aromatic rings. The molecule has 1 aliphatic rings. The first kappa shape index (κ1) is 18.9. The molecule has 2 N–H and O–H groups in total. The van der Waals surface area contributed by atoms with Gasteiger partial charge in [0.1, 0.15) is 0 Å². The van der Waals surface area contributed by atoms with Crippen LogP contribution in [0.5, 0.6) is 0 Å². The molecule has 1 heterocycles. The summed E-state index contributed by atoms with van der Waals surface area (Å²) in [5.41, 5.74) is 2.74. The summed E-state index contributed by atoms with van der Waals surface area (Å²) in [7, 11) is 1.61. The molecule has 7 heteroatoms. The molecule has 7 nitrogen and oxygen atoms in total. The zero-order valence-electron chi connectivity index (χ0n) is 15.1. The molecular weight excluding hydrogens is 320 g/mol. The van der Waals surface area contributed by atoms with Gasteiger partial charge in [-0.1, -0.05) is 6.07 Å². The number of aryl methyl sites for hydroxylation is 2. The maximum Gasteiger partial charge on any atom is 0.251 e. The molecule has 1 aromatic carbocycles. The third-order valence-corrected chi connectivity index (χ3v) is 4.54. The first-order valence-electron chi connectivity index (χ1n) is 8.47. The van der Waals surface area contributed by atoms with Crippen molar-refractivity contribution in [3.05, 3.63) is 34.9 Å². The highest BCUT2D eigenvalue weighted by Gasteiger charge is 2.22. The number of carbonyl (C=O) groups excluding carboxylic acids is 3. The van der Waals surface area contributed by atoms with E-state index in [0.29, 0.717) is 38.3 Å². The van der Waals surface area contributed by atoms with Crippen LogP contribution in [0.25, 0.3) is 0 Å². The van der Waals surface area contributed by atoms with Gasteiger partial charge in [-0.3, -0.25) is 19.3 Å². The Morgan fingerprint density at radius 2 is 1.72 bits per heavy atom. The van der Waals surface area contributed by atoms with Crippen LogP contribution < -0.4 is 10.6 Å². The van der Waals surface area contributed by atoms with Crippen LogP contribution in [-0.4, -0.2) is 73.8 Å². The van der Waals surface area contributed by atoms with Gasteiger partial charge in [0, 0.05) is 38.8 Å². The van der Waals surface area contributed by atoms with Gasteiger partial charge in [-0.15, -0.1) is 0 Å². The fourth-order valence-corrected chi connectivity index (χ4v) is 2.69. The van der Waals surface area contributed by atoms with E-state index in [9.17, 15) is 14.4 Å². The van der Waals surface area contributed by atoms with Crippen LogP contribution in [0.1, 0.15) is 21.5 Å². The van der Waals surface area contributed by atoms with Gasteiger partial charge >= 0.3 is 0 Å². The van der Waals surface area contributed by atoms with Gasteiger partial charge in [-0.2, -0.15) is 0 Å². The lowest BCUT2D eigenvalue weighted by Gasteiger charge is -2.34. The van der Waals surface area contributed by atoms with Crippen LogP contribution in [-0.2, 0) is 9.59 Å². The highest BCUT2D eigenvalue weighted by Crippen LogP contribution is 2.09. The smallest absolute Gasteiger partial charge is 0.251 e. The largest absolute Gasteiger partial charge is 0.358 e. The molecule has 2 rings (SSSR count). The summed E-state index contributed by atoms with van der Waals surface area (Å²) in [5.74, 6) is -0.369. The molecule has 1 fully saturated rings. The van der Waals surface area contributed by atoms with Crippen molar-refractivity contribution < 1.29 is 14.4 Å². The Labute approximate surface area is 148 Å². The molecule has 0 atom stereocenters. The molecule has 0 saturated carbocycles. The van der Waals surface area contributed by atoms with Crippen LogP contribution in [0.15, 0.2) is 18.2 Å². The molecule has 0 unspecified atom stereocenters. The Hall–Kier alpha value is -2.41. The van der Waals surface area contributed by atoms with Crippen molar-refractivity contribution in [2.75, 3.05) is 46.3 Å². The van der Waals surface area contributed by atoms with Crippen molar-refractivity contribution in [1.82, 2.24) is 20.4 Å². The average Bonchev–Trinajstić information content (AvgIpc) is 2.62. The van der Waals surface area contributed by atoms with Gasteiger partial charge in [0.2, 0.25) is 11.8 Å². The molecule has 0 bridgehead atoms. The molecule has 1 aliphatic heterocycles. The predicted molar refractivity (Wildman–Crippen MR) is 95.3 cm³/mol. The number of piperazine rings is 1. The summed E-state index contributed by atoms with van der Waals surface area (Å²) in [5, 5.41) is 5.28. The quantitative estimate of drug-likeness (QED) is 0.782. The van der Waals surface area contributed by atoms with Crippen LogP contribution in [0.2, 0.25) is 0 Å². The monoisotopic (exact) mass is 346 g/mol. The summed E-state index contributed by atoms with van der Waals surface area (Å²) >= 11 is 0. The van der Waals surface area contributed by atoms with E-state index < -0.39 is 0 Å². The van der Waals surface area contributed by atoms with E-state index >= 15 is 0 Å². The van der Waals surface area contributed by atoms with Crippen molar-refractivity contribution in [1.29, 1.82) is 0 Å². The number of nitrogens with zero attached hydrogens (tertiary/aromatic N) is 2. The van der Waals surface area contributed by atoms with E-state index in [4.69, 9.17) is 0 Å². The van der Waals surface area contributed by atoms with E-state index in [2.05, 4.69) is 10.6 Å². The lowest BCUT2D eigenvalue weighted by atomic mass is 10.1. The normalized spacial score (nSPS) is 14.9. The highest BCUT2D eigenvalue weighted by atomic mass is 16.2. The number of likely N-dealkylation sites (N-methyl/N-ethyl adjacent to an activating group) is 1. The number of amides is 3. The first-order chi connectivity index (χ1) is 11.9. The van der Waals surface area contributed by atoms with Crippen LogP contribution in [0, 0.1) is 13.8 Å². The van der Waals surface area contributed by atoms with Gasteiger partial charge < -0.3 is 15.5 Å². The predicted octanol–water partition coefficient (Wildman–Crippen LogP) is -0.0766. The lowest BCUT2D eigenvalue weighted by Crippen LogP contribution is -2.52. The molecule has 136 valence electrons. The van der Waals surface area contributed by atoms with E-state index in [-0.39, 0.29) is 24.3 Å². The fraction of sp³-hybridized carbons (Fsp3) is 0.500. The first-order valence-corrected chi connectivity index (χ1v) is 8.47. The maximum atomic E-state index is 12.3. The average molecular weight is 346 g/mol. The van der Waals surface area contributed by atoms with E-state index in [0.717, 1.165) is 11.1 Å². The van der Waals surface area contributed by atoms with Gasteiger partial charge in [0.15, 0.2) is 0 Å². The Morgan fingerprint density at radius 3 is 2.32 bits per heavy atom. The summed E-state index contributed by atoms with van der Waals surface area (Å²) in [6.07, 6.45) is 0. The second kappa shape index (κ2) is 8.62. The minimum atomic E-state index is -0.241. The molecule has 0 radical (unpaired) electrons. The zero-order chi connectivity index (χ0) is 18.4. The van der Waals surface area contributed by atoms with E-state index in [1.165, 1.54) is 0 Å². The number of hydrogen-bond acceptors (Lipinski definition) is 4. The second-order valence-electron chi connectivity index (χ2n) is 6.31. The molecule has 25 heavy (non-hydrogen) atoms. The fourth-order valence-electron chi connectivity index (χ4n) is 2.69. The third kappa shape index (κ3) is 5.29. The summed E-state index contributed by atoms with van der Waals surface area (Å²) in [6, 6.07) is 5.49. The van der Waals surface area contributed by atoms with Gasteiger partial charge in [-0.05, 0) is 37.1 Å². The van der Waals surface area contributed by atoms with Crippen molar-refractivity contribution in [2.24, 2.45) is 0 Å². The molecule has 1 saturated heterocycles. The number of hydrogen-bond donors (Lipinski definition) is 2. The van der Waals surface area contributed by atoms with Crippen LogP contribution in [0.4, 0.5) is 0 Å². The van der Waals surface area contributed by atoms with Crippen LogP contribution >= 0.6 is 0 Å². The standard InChI is InChI=1S/C18H26N4O3/c1-13-4-5-15(10-14(13)2)18(25)20-11-17(24)22-8-6-21(7-9-22)12-16(23)19-3/h4-5,10H,6-9,11-12H2,1-3H3,(H,19,23)(H,20,25). The van der Waals surface area contributed by atoms with Crippen molar-refractivity contribution in [3.8, 4) is 0 Å². The van der Waals surface area contributed by atoms with Gasteiger partial charge in [0.05, 0.1) is 13.1 Å². The molecular formula is C18H26N4O3. The Morgan fingerprint density at radius 1 is 1.04 bits per heavy atom. The summed E-state index contributed by atoms with van der Waals surface area (Å²) < 4.78 is 0. The van der Waals surface area contributed by atoms with E-state index in [1.807, 2.05) is 30.9 Å². The number of rotatable bonds is 5. The molecule has 0 aromatic heterocycles. The molecule has 0 aliphatic carbocycles. The zero-order valence-corrected chi connectivity index (χ0v) is 15.1. The minimum Gasteiger partial charge on any atom is -0.358 e. The number of carbonyl (C=O) groups is 3. The number of benzene rings is 1. The lowest BCUT2D eigenvalue weighted by molar-refractivity contribution is -0.132. The summed E-state index contributed by atoms with van der Waals surface area (Å²) in [4.78, 5) is 39.5. The Kier molecular flexibility index (Phi) is 6.52. The van der Waals surface area contributed by atoms with Crippen LogP contribution in [0.3, 0.4) is 0 Å². The maximum absolute atomic E-state index is 12.3. The van der Waals surface area contributed by atoms with E-state index in [1.54, 1.807) is 18.0 Å². The summed E-state index contributed by atoms with van der Waals surface area (Å²) in [6.45, 7) is 6.72. The SMILES string of the molecule is CNC(=O)CN1CCN(C(=O)CNC(=O)c2ccc(C)c(C)c2)CC1. The second-order valence-corrected chi connectivity index (χ2v) is 6.31. The van der Waals surface area contributed by atoms with Crippen molar-refractivity contribution in [2.45, 2.75) is 13.8 Å². The number of nitrogens with one attached hydrogen (secondary N) is 2. The molecule has 0 spiro atoms. The topological polar surface area (TPSA) is 81.8 Å². The van der Waals surface area contributed by atoms with Gasteiger partial charge in [0.25, 0.3) is 5.91 Å².